The van der Waals surface area contributed by atoms with Gasteiger partial charge < -0.3 is 5.73 Å². The lowest BCUT2D eigenvalue weighted by molar-refractivity contribution is 0.248. The van der Waals surface area contributed by atoms with Crippen molar-refractivity contribution >= 4 is 12.4 Å². The molecule has 3 atom stereocenters. The topological polar surface area (TPSA) is 29.3 Å². The van der Waals surface area contributed by atoms with E-state index in [-0.39, 0.29) is 12.4 Å². The van der Waals surface area contributed by atoms with E-state index in [1.807, 2.05) is 0 Å². The molecule has 2 N–H and O–H groups in total. The molecule has 3 unspecified atom stereocenters. The fourth-order valence-electron chi connectivity index (χ4n) is 2.97. The number of hydrogen-bond donors (Lipinski definition) is 1. The molecule has 0 saturated carbocycles. The highest BCUT2D eigenvalue weighted by Crippen LogP contribution is 2.29. The lowest BCUT2D eigenvalue weighted by Crippen LogP contribution is -2.30. The third kappa shape index (κ3) is 3.97. The molecular weight excluding hydrogens is 268 g/mol. The van der Waals surface area contributed by atoms with Gasteiger partial charge in [0.2, 0.25) is 0 Å². The van der Waals surface area contributed by atoms with Crippen molar-refractivity contribution in [1.29, 1.82) is 0 Å². The largest absolute Gasteiger partial charge is 0.328 e. The van der Waals surface area contributed by atoms with Gasteiger partial charge in [-0.3, -0.25) is 4.90 Å². The van der Waals surface area contributed by atoms with Crippen molar-refractivity contribution in [2.75, 3.05) is 13.1 Å². The quantitative estimate of drug-likeness (QED) is 0.911. The Kier molecular flexibility index (Phi) is 6.50. The van der Waals surface area contributed by atoms with Gasteiger partial charge in [0.05, 0.1) is 0 Å². The Morgan fingerprint density at radius 3 is 2.05 bits per heavy atom. The van der Waals surface area contributed by atoms with E-state index in [0.717, 1.165) is 6.54 Å². The second-order valence-corrected chi connectivity index (χ2v) is 6.40. The molecule has 0 aliphatic carbocycles. The summed E-state index contributed by atoms with van der Waals surface area (Å²) in [4.78, 5) is 2.57. The van der Waals surface area contributed by atoms with E-state index < -0.39 is 0 Å². The van der Waals surface area contributed by atoms with Gasteiger partial charge in [-0.05, 0) is 49.8 Å². The third-order valence-electron chi connectivity index (χ3n) is 4.63. The molecule has 20 heavy (non-hydrogen) atoms. The minimum Gasteiger partial charge on any atom is -0.328 e. The average molecular weight is 297 g/mol. The van der Waals surface area contributed by atoms with Crippen LogP contribution in [0.4, 0.5) is 0 Å². The molecule has 1 saturated heterocycles. The van der Waals surface area contributed by atoms with Crippen LogP contribution >= 0.6 is 12.4 Å². The Bertz CT molecular complexity index is 400. The minimum absolute atomic E-state index is 0. The molecule has 1 heterocycles. The van der Waals surface area contributed by atoms with E-state index in [4.69, 9.17) is 5.73 Å². The molecule has 114 valence electrons. The van der Waals surface area contributed by atoms with Crippen LogP contribution in [-0.2, 0) is 0 Å². The number of nitrogens with zero attached hydrogens (tertiary/aromatic N) is 1. The monoisotopic (exact) mass is 296 g/mol. The molecule has 0 radical (unpaired) electrons. The predicted octanol–water partition coefficient (Wildman–Crippen LogP) is 3.96. The van der Waals surface area contributed by atoms with Gasteiger partial charge in [-0.2, -0.15) is 0 Å². The van der Waals surface area contributed by atoms with Crippen LogP contribution in [0.3, 0.4) is 0 Å². The van der Waals surface area contributed by atoms with Crippen LogP contribution in [0, 0.1) is 5.92 Å². The lowest BCUT2D eigenvalue weighted by atomic mass is 9.99. The van der Waals surface area contributed by atoms with Crippen molar-refractivity contribution in [2.24, 2.45) is 11.7 Å². The summed E-state index contributed by atoms with van der Waals surface area (Å²) in [5.41, 5.74) is 8.87. The Morgan fingerprint density at radius 2 is 1.60 bits per heavy atom. The molecule has 0 spiro atoms. The zero-order chi connectivity index (χ0) is 14.0. The number of nitrogens with two attached hydrogens (primary N) is 1. The molecule has 3 heteroatoms. The summed E-state index contributed by atoms with van der Waals surface area (Å²) < 4.78 is 0. The first-order valence-electron chi connectivity index (χ1n) is 7.58. The third-order valence-corrected chi connectivity index (χ3v) is 4.63. The van der Waals surface area contributed by atoms with Crippen molar-refractivity contribution < 1.29 is 0 Å². The summed E-state index contributed by atoms with van der Waals surface area (Å²) in [6, 6.07) is 9.95. The second kappa shape index (κ2) is 7.44. The van der Waals surface area contributed by atoms with Gasteiger partial charge in [-0.1, -0.05) is 38.1 Å². The maximum atomic E-state index is 6.03. The van der Waals surface area contributed by atoms with Crippen molar-refractivity contribution in [3.05, 3.63) is 35.4 Å². The maximum absolute atomic E-state index is 6.03. The Labute approximate surface area is 130 Å². The maximum Gasteiger partial charge on any atom is 0.0320 e. The van der Waals surface area contributed by atoms with Gasteiger partial charge in [0.15, 0.2) is 0 Å². The highest BCUT2D eigenvalue weighted by molar-refractivity contribution is 5.85. The van der Waals surface area contributed by atoms with Crippen LogP contribution in [0.25, 0.3) is 0 Å². The van der Waals surface area contributed by atoms with Crippen LogP contribution in [0.5, 0.6) is 0 Å². The van der Waals surface area contributed by atoms with Crippen LogP contribution in [0.15, 0.2) is 24.3 Å². The number of halogens is 1. The van der Waals surface area contributed by atoms with Crippen molar-refractivity contribution in [3.63, 3.8) is 0 Å². The normalized spacial score (nSPS) is 22.6. The molecule has 2 rings (SSSR count). The molecule has 0 aromatic heterocycles. The van der Waals surface area contributed by atoms with E-state index in [1.54, 1.807) is 0 Å². The number of hydrogen-bond acceptors (Lipinski definition) is 2. The Hall–Kier alpha value is -0.570. The average Bonchev–Trinajstić information content (AvgIpc) is 2.87. The van der Waals surface area contributed by atoms with Gasteiger partial charge in [-0.25, -0.2) is 0 Å². The predicted molar refractivity (Wildman–Crippen MR) is 89.5 cm³/mol. The number of rotatable bonds is 4. The SMILES string of the molecule is CC(C)c1ccc(C(C)N2CCC(C(C)N)C2)cc1.Cl. The van der Waals surface area contributed by atoms with Gasteiger partial charge in [0, 0.05) is 18.6 Å². The highest BCUT2D eigenvalue weighted by atomic mass is 35.5. The van der Waals surface area contributed by atoms with Gasteiger partial charge in [0.1, 0.15) is 0 Å². The summed E-state index contributed by atoms with van der Waals surface area (Å²) in [7, 11) is 0. The number of likely N-dealkylation sites (tertiary alicyclic amines) is 1. The molecule has 2 nitrogen and oxygen atoms in total. The van der Waals surface area contributed by atoms with Gasteiger partial charge >= 0.3 is 0 Å². The molecular formula is C17H29ClN2. The van der Waals surface area contributed by atoms with Crippen LogP contribution < -0.4 is 5.73 Å². The zero-order valence-electron chi connectivity index (χ0n) is 13.2. The standard InChI is InChI=1S/C17H28N2.ClH/c1-12(2)15-5-7-16(8-6-15)14(4)19-10-9-17(11-19)13(3)18;/h5-8,12-14,17H,9-11,18H2,1-4H3;1H. The summed E-state index contributed by atoms with van der Waals surface area (Å²) in [5, 5.41) is 0. The van der Waals surface area contributed by atoms with E-state index in [0.29, 0.717) is 23.9 Å². The zero-order valence-corrected chi connectivity index (χ0v) is 14.0. The van der Waals surface area contributed by atoms with Crippen molar-refractivity contribution in [2.45, 2.75) is 52.1 Å². The van der Waals surface area contributed by atoms with Gasteiger partial charge in [-0.15, -0.1) is 12.4 Å². The molecule has 1 aliphatic heterocycles. The lowest BCUT2D eigenvalue weighted by Gasteiger charge is -2.25. The first-order valence-corrected chi connectivity index (χ1v) is 7.58. The van der Waals surface area contributed by atoms with Crippen molar-refractivity contribution in [1.82, 2.24) is 4.90 Å². The molecule has 1 aromatic rings. The Balaban J connectivity index is 0.00000200. The summed E-state index contributed by atoms with van der Waals surface area (Å²) in [6.07, 6.45) is 1.24. The fourth-order valence-corrected chi connectivity index (χ4v) is 2.97. The van der Waals surface area contributed by atoms with Crippen LogP contribution in [-0.4, -0.2) is 24.0 Å². The Morgan fingerprint density at radius 1 is 1.05 bits per heavy atom. The second-order valence-electron chi connectivity index (χ2n) is 6.40. The molecule has 1 aliphatic rings. The van der Waals surface area contributed by atoms with E-state index in [9.17, 15) is 0 Å². The first kappa shape index (κ1) is 17.5. The molecule has 0 bridgehead atoms. The fraction of sp³-hybridized carbons (Fsp3) is 0.647. The number of benzene rings is 1. The smallest absolute Gasteiger partial charge is 0.0320 e. The van der Waals surface area contributed by atoms with Crippen molar-refractivity contribution in [3.8, 4) is 0 Å². The first-order chi connectivity index (χ1) is 8.99. The summed E-state index contributed by atoms with van der Waals surface area (Å²) in [6.45, 7) is 11.3. The van der Waals surface area contributed by atoms with Gasteiger partial charge in [0.25, 0.3) is 0 Å². The van der Waals surface area contributed by atoms with Crippen LogP contribution in [0.1, 0.15) is 57.2 Å². The summed E-state index contributed by atoms with van der Waals surface area (Å²) >= 11 is 0. The molecule has 0 amide bonds. The van der Waals surface area contributed by atoms with E-state index in [1.165, 1.54) is 24.1 Å². The van der Waals surface area contributed by atoms with Crippen LogP contribution in [0.2, 0.25) is 0 Å². The molecule has 1 fully saturated rings. The van der Waals surface area contributed by atoms with E-state index in [2.05, 4.69) is 56.9 Å². The van der Waals surface area contributed by atoms with E-state index >= 15 is 0 Å². The molecule has 1 aromatic carbocycles. The minimum atomic E-state index is 0. The highest BCUT2D eigenvalue weighted by Gasteiger charge is 2.28. The summed E-state index contributed by atoms with van der Waals surface area (Å²) in [5.74, 6) is 1.27.